The molecule has 3 nitrogen and oxygen atoms in total. The summed E-state index contributed by atoms with van der Waals surface area (Å²) in [5.41, 5.74) is 0. The molecule has 0 N–H and O–H groups in total. The minimum Gasteiger partial charge on any atom is -0.371 e. The number of rotatable bonds is 1. The fourth-order valence-corrected chi connectivity index (χ4v) is 0.661. The van der Waals surface area contributed by atoms with Crippen molar-refractivity contribution in [1.29, 1.82) is 0 Å². The molecule has 0 bridgehead atoms. The molecule has 1 aromatic heterocycles. The van der Waals surface area contributed by atoms with Gasteiger partial charge in [0, 0.05) is 12.4 Å². The number of alkyl halides is 3. The Hall–Kier alpha value is -0.850. The number of nitrogens with zero attached hydrogens (tertiary/aromatic N) is 2. The molecule has 0 fully saturated rings. The van der Waals surface area contributed by atoms with Gasteiger partial charge >= 0.3 is 12.4 Å². The van der Waals surface area contributed by atoms with Crippen LogP contribution in [0.2, 0.25) is 0 Å². The lowest BCUT2D eigenvalue weighted by Crippen LogP contribution is -2.18. The van der Waals surface area contributed by atoms with Crippen LogP contribution in [0.15, 0.2) is 16.9 Å². The molecule has 0 unspecified atom stereocenters. The first-order valence-corrected chi connectivity index (χ1v) is 3.50. The molecule has 12 heavy (non-hydrogen) atoms. The van der Waals surface area contributed by atoms with Crippen LogP contribution >= 0.6 is 15.9 Å². The highest BCUT2D eigenvalue weighted by molar-refractivity contribution is 9.10. The predicted octanol–water partition coefficient (Wildman–Crippen LogP) is 2.14. The van der Waals surface area contributed by atoms with Crippen LogP contribution in [0.25, 0.3) is 0 Å². The zero-order valence-electron chi connectivity index (χ0n) is 5.47. The maximum absolute atomic E-state index is 11.5. The summed E-state index contributed by atoms with van der Waals surface area (Å²) in [5, 5.41) is 0. The normalized spacial score (nSPS) is 11.3. The Morgan fingerprint density at radius 2 is 1.75 bits per heavy atom. The topological polar surface area (TPSA) is 35.0 Å². The SMILES string of the molecule is FC(F)(F)Oc1ncc(Br)cn1. The van der Waals surface area contributed by atoms with E-state index in [0.717, 1.165) is 12.4 Å². The molecule has 1 rings (SSSR count). The van der Waals surface area contributed by atoms with Gasteiger partial charge in [-0.3, -0.25) is 0 Å². The first-order valence-electron chi connectivity index (χ1n) is 2.71. The fraction of sp³-hybridized carbons (Fsp3) is 0.200. The Bertz CT molecular complexity index is 260. The Morgan fingerprint density at radius 3 is 2.17 bits per heavy atom. The minimum absolute atomic E-state index is 0.483. The van der Waals surface area contributed by atoms with E-state index in [4.69, 9.17) is 0 Å². The maximum atomic E-state index is 11.5. The van der Waals surface area contributed by atoms with E-state index >= 15 is 0 Å². The maximum Gasteiger partial charge on any atom is 0.575 e. The van der Waals surface area contributed by atoms with Crippen LogP contribution in [0.4, 0.5) is 13.2 Å². The number of ether oxygens (including phenoxy) is 1. The molecule has 66 valence electrons. The van der Waals surface area contributed by atoms with Crippen molar-refractivity contribution in [2.75, 3.05) is 0 Å². The van der Waals surface area contributed by atoms with Crippen LogP contribution in [-0.2, 0) is 0 Å². The summed E-state index contributed by atoms with van der Waals surface area (Å²) in [7, 11) is 0. The lowest BCUT2D eigenvalue weighted by Gasteiger charge is -2.05. The molecular weight excluding hydrogens is 241 g/mol. The molecule has 0 saturated carbocycles. The molecule has 0 aliphatic heterocycles. The van der Waals surface area contributed by atoms with Gasteiger partial charge in [-0.2, -0.15) is 0 Å². The Balaban J connectivity index is 2.71. The fourth-order valence-electron chi connectivity index (χ4n) is 0.457. The van der Waals surface area contributed by atoms with Crippen LogP contribution in [0.5, 0.6) is 6.01 Å². The van der Waals surface area contributed by atoms with Crippen molar-refractivity contribution < 1.29 is 17.9 Å². The van der Waals surface area contributed by atoms with Crippen molar-refractivity contribution in [2.24, 2.45) is 0 Å². The van der Waals surface area contributed by atoms with E-state index in [2.05, 4.69) is 30.6 Å². The third kappa shape index (κ3) is 3.04. The number of halogens is 4. The Morgan fingerprint density at radius 1 is 1.25 bits per heavy atom. The molecule has 1 heterocycles. The van der Waals surface area contributed by atoms with E-state index in [-0.39, 0.29) is 0 Å². The Kier molecular flexibility index (Phi) is 2.51. The molecule has 0 spiro atoms. The summed E-state index contributed by atoms with van der Waals surface area (Å²) < 4.78 is 38.5. The largest absolute Gasteiger partial charge is 0.575 e. The summed E-state index contributed by atoms with van der Waals surface area (Å²) in [5.74, 6) is 0. The van der Waals surface area contributed by atoms with Gasteiger partial charge in [0.2, 0.25) is 0 Å². The molecule has 0 aliphatic rings. The summed E-state index contributed by atoms with van der Waals surface area (Å²) >= 11 is 2.96. The second-order valence-corrected chi connectivity index (χ2v) is 2.65. The van der Waals surface area contributed by atoms with Crippen molar-refractivity contribution in [3.8, 4) is 6.01 Å². The van der Waals surface area contributed by atoms with Crippen molar-refractivity contribution in [3.05, 3.63) is 16.9 Å². The van der Waals surface area contributed by atoms with E-state index in [1.54, 1.807) is 0 Å². The lowest BCUT2D eigenvalue weighted by molar-refractivity contribution is -0.277. The monoisotopic (exact) mass is 242 g/mol. The third-order valence-corrected chi connectivity index (χ3v) is 1.21. The van der Waals surface area contributed by atoms with Crippen LogP contribution < -0.4 is 4.74 Å². The van der Waals surface area contributed by atoms with E-state index in [1.165, 1.54) is 0 Å². The van der Waals surface area contributed by atoms with Crippen molar-refractivity contribution >= 4 is 15.9 Å². The van der Waals surface area contributed by atoms with Crippen molar-refractivity contribution in [2.45, 2.75) is 6.36 Å². The molecule has 0 saturated heterocycles. The summed E-state index contributed by atoms with van der Waals surface area (Å²) in [4.78, 5) is 6.53. The van der Waals surface area contributed by atoms with E-state index in [0.29, 0.717) is 4.47 Å². The molecule has 7 heteroatoms. The molecule has 0 radical (unpaired) electrons. The van der Waals surface area contributed by atoms with Crippen molar-refractivity contribution in [1.82, 2.24) is 9.97 Å². The van der Waals surface area contributed by atoms with Gasteiger partial charge in [0.05, 0.1) is 4.47 Å². The summed E-state index contributed by atoms with van der Waals surface area (Å²) in [6.07, 6.45) is -2.42. The predicted molar refractivity (Wildman–Crippen MR) is 36.4 cm³/mol. The zero-order chi connectivity index (χ0) is 9.19. The number of hydrogen-bond donors (Lipinski definition) is 0. The third-order valence-electron chi connectivity index (χ3n) is 0.804. The average Bonchev–Trinajstić information content (AvgIpc) is 1.91. The molecule has 1 aromatic rings. The van der Waals surface area contributed by atoms with Gasteiger partial charge in [-0.1, -0.05) is 0 Å². The van der Waals surface area contributed by atoms with Gasteiger partial charge in [0.15, 0.2) is 0 Å². The zero-order valence-corrected chi connectivity index (χ0v) is 7.06. The molecule has 0 atom stereocenters. The highest BCUT2D eigenvalue weighted by Gasteiger charge is 2.32. The second-order valence-electron chi connectivity index (χ2n) is 1.73. The van der Waals surface area contributed by atoms with Crippen LogP contribution in [-0.4, -0.2) is 16.3 Å². The van der Waals surface area contributed by atoms with Crippen molar-refractivity contribution in [3.63, 3.8) is 0 Å². The van der Waals surface area contributed by atoms with Gasteiger partial charge in [0.1, 0.15) is 0 Å². The van der Waals surface area contributed by atoms with Crippen LogP contribution in [0, 0.1) is 0 Å². The standard InChI is InChI=1S/C5H2BrF3N2O/c6-3-1-10-4(11-2-3)12-5(7,8)9/h1-2H. The quantitative estimate of drug-likeness (QED) is 0.757. The number of hydrogen-bond acceptors (Lipinski definition) is 3. The van der Waals surface area contributed by atoms with E-state index < -0.39 is 12.4 Å². The molecule has 0 aromatic carbocycles. The van der Waals surface area contributed by atoms with Crippen LogP contribution in [0.1, 0.15) is 0 Å². The van der Waals surface area contributed by atoms with Crippen LogP contribution in [0.3, 0.4) is 0 Å². The van der Waals surface area contributed by atoms with Gasteiger partial charge < -0.3 is 4.74 Å². The average molecular weight is 243 g/mol. The summed E-state index contributed by atoms with van der Waals surface area (Å²) in [6.45, 7) is 0. The lowest BCUT2D eigenvalue weighted by atomic mass is 10.7. The van der Waals surface area contributed by atoms with Gasteiger partial charge in [-0.15, -0.1) is 13.2 Å². The van der Waals surface area contributed by atoms with E-state index in [9.17, 15) is 13.2 Å². The Labute approximate surface area is 73.7 Å². The highest BCUT2D eigenvalue weighted by atomic mass is 79.9. The molecule has 0 amide bonds. The summed E-state index contributed by atoms with van der Waals surface area (Å²) in [6, 6.07) is -0.717. The first kappa shape index (κ1) is 9.24. The molecular formula is C5H2BrF3N2O. The van der Waals surface area contributed by atoms with Gasteiger partial charge in [0.25, 0.3) is 0 Å². The minimum atomic E-state index is -4.74. The van der Waals surface area contributed by atoms with Gasteiger partial charge in [-0.25, -0.2) is 9.97 Å². The van der Waals surface area contributed by atoms with Gasteiger partial charge in [-0.05, 0) is 15.9 Å². The highest BCUT2D eigenvalue weighted by Crippen LogP contribution is 2.19. The smallest absolute Gasteiger partial charge is 0.371 e. The second kappa shape index (κ2) is 3.26. The van der Waals surface area contributed by atoms with E-state index in [1.807, 2.05) is 0 Å². The molecule has 0 aliphatic carbocycles. The number of aromatic nitrogens is 2. The first-order chi connectivity index (χ1) is 5.47.